The Morgan fingerprint density at radius 3 is 2.83 bits per heavy atom. The molecule has 0 aromatic carbocycles. The second-order valence-electron chi connectivity index (χ2n) is 6.39. The first-order valence-corrected chi connectivity index (χ1v) is 8.08. The van der Waals surface area contributed by atoms with E-state index in [4.69, 9.17) is 0 Å². The van der Waals surface area contributed by atoms with Crippen LogP contribution in [0, 0.1) is 0 Å². The number of likely N-dealkylation sites (tertiary alicyclic amines) is 1. The molecule has 3 heterocycles. The lowest BCUT2D eigenvalue weighted by molar-refractivity contribution is 0.160. The van der Waals surface area contributed by atoms with Crippen molar-refractivity contribution in [2.24, 2.45) is 0 Å². The van der Waals surface area contributed by atoms with Crippen molar-refractivity contribution in [3.63, 3.8) is 0 Å². The average molecular weight is 251 g/mol. The minimum Gasteiger partial charge on any atom is -0.312 e. The van der Waals surface area contributed by atoms with Crippen LogP contribution in [-0.2, 0) is 0 Å². The molecule has 3 nitrogen and oxygen atoms in total. The number of nitrogens with one attached hydrogen (secondary N) is 1. The molecule has 104 valence electrons. The molecule has 18 heavy (non-hydrogen) atoms. The van der Waals surface area contributed by atoms with Gasteiger partial charge in [-0.15, -0.1) is 0 Å². The Morgan fingerprint density at radius 1 is 1.06 bits per heavy atom. The van der Waals surface area contributed by atoms with Crippen LogP contribution in [0.15, 0.2) is 0 Å². The zero-order valence-corrected chi connectivity index (χ0v) is 11.9. The first-order chi connectivity index (χ1) is 8.86. The third-order valence-corrected chi connectivity index (χ3v) is 5.37. The van der Waals surface area contributed by atoms with Crippen LogP contribution < -0.4 is 5.32 Å². The third-order valence-electron chi connectivity index (χ3n) is 5.37. The highest BCUT2D eigenvalue weighted by Gasteiger charge is 2.32. The molecular weight excluding hydrogens is 222 g/mol. The number of likely N-dealkylation sites (N-methyl/N-ethyl adjacent to an activating group) is 1. The Morgan fingerprint density at radius 2 is 1.94 bits per heavy atom. The van der Waals surface area contributed by atoms with Crippen molar-refractivity contribution in [3.05, 3.63) is 0 Å². The summed E-state index contributed by atoms with van der Waals surface area (Å²) in [7, 11) is 0. The van der Waals surface area contributed by atoms with Crippen LogP contribution in [0.1, 0.15) is 45.4 Å². The van der Waals surface area contributed by atoms with Gasteiger partial charge in [0.05, 0.1) is 0 Å². The summed E-state index contributed by atoms with van der Waals surface area (Å²) in [6.45, 7) is 8.78. The molecule has 3 aliphatic heterocycles. The molecule has 0 aliphatic carbocycles. The van der Waals surface area contributed by atoms with Crippen LogP contribution in [0.3, 0.4) is 0 Å². The smallest absolute Gasteiger partial charge is 0.0221 e. The number of hydrogen-bond donors (Lipinski definition) is 1. The fraction of sp³-hybridized carbons (Fsp3) is 1.00. The number of rotatable bonds is 4. The van der Waals surface area contributed by atoms with Crippen molar-refractivity contribution >= 4 is 0 Å². The molecule has 3 rings (SSSR count). The van der Waals surface area contributed by atoms with Crippen LogP contribution in [0.5, 0.6) is 0 Å². The summed E-state index contributed by atoms with van der Waals surface area (Å²) in [6.07, 6.45) is 8.46. The van der Waals surface area contributed by atoms with E-state index in [1.165, 1.54) is 71.2 Å². The highest BCUT2D eigenvalue weighted by atomic mass is 15.2. The van der Waals surface area contributed by atoms with Crippen LogP contribution >= 0.6 is 0 Å². The van der Waals surface area contributed by atoms with Gasteiger partial charge in [0, 0.05) is 24.7 Å². The van der Waals surface area contributed by atoms with E-state index in [0.29, 0.717) is 0 Å². The van der Waals surface area contributed by atoms with Gasteiger partial charge < -0.3 is 10.2 Å². The van der Waals surface area contributed by atoms with Crippen molar-refractivity contribution < 1.29 is 0 Å². The summed E-state index contributed by atoms with van der Waals surface area (Å²) in [5.74, 6) is 0. The SMILES string of the molecule is CCN1CCCC1CNC1CCN2CCCC2C1. The fourth-order valence-corrected chi connectivity index (χ4v) is 4.26. The molecule has 0 aromatic rings. The third kappa shape index (κ3) is 2.73. The minimum absolute atomic E-state index is 0.795. The average Bonchev–Trinajstić information content (AvgIpc) is 3.04. The first kappa shape index (κ1) is 12.9. The van der Waals surface area contributed by atoms with Crippen molar-refractivity contribution in [3.8, 4) is 0 Å². The van der Waals surface area contributed by atoms with E-state index in [1.54, 1.807) is 0 Å². The summed E-state index contributed by atoms with van der Waals surface area (Å²) in [5.41, 5.74) is 0. The summed E-state index contributed by atoms with van der Waals surface area (Å²) in [4.78, 5) is 5.36. The lowest BCUT2D eigenvalue weighted by Crippen LogP contribution is -2.48. The molecule has 0 saturated carbocycles. The molecule has 0 radical (unpaired) electrons. The summed E-state index contributed by atoms with van der Waals surface area (Å²) >= 11 is 0. The van der Waals surface area contributed by atoms with E-state index >= 15 is 0 Å². The van der Waals surface area contributed by atoms with E-state index in [0.717, 1.165) is 18.1 Å². The van der Waals surface area contributed by atoms with Crippen molar-refractivity contribution in [2.45, 2.75) is 63.6 Å². The van der Waals surface area contributed by atoms with Crippen LogP contribution in [0.25, 0.3) is 0 Å². The Labute approximate surface area is 112 Å². The second kappa shape index (κ2) is 5.89. The topological polar surface area (TPSA) is 18.5 Å². The monoisotopic (exact) mass is 251 g/mol. The van der Waals surface area contributed by atoms with E-state index in [2.05, 4.69) is 22.0 Å². The van der Waals surface area contributed by atoms with Crippen molar-refractivity contribution in [1.82, 2.24) is 15.1 Å². The number of piperidine rings is 1. The van der Waals surface area contributed by atoms with Gasteiger partial charge in [0.2, 0.25) is 0 Å². The van der Waals surface area contributed by atoms with E-state index < -0.39 is 0 Å². The van der Waals surface area contributed by atoms with Gasteiger partial charge in [0.1, 0.15) is 0 Å². The molecular formula is C15H29N3. The minimum atomic E-state index is 0.795. The molecule has 0 aromatic heterocycles. The molecule has 3 saturated heterocycles. The zero-order valence-electron chi connectivity index (χ0n) is 11.9. The highest BCUT2D eigenvalue weighted by molar-refractivity contribution is 4.90. The molecule has 3 atom stereocenters. The fourth-order valence-electron chi connectivity index (χ4n) is 4.26. The molecule has 1 N–H and O–H groups in total. The van der Waals surface area contributed by atoms with Crippen molar-refractivity contribution in [1.29, 1.82) is 0 Å². The number of nitrogens with zero attached hydrogens (tertiary/aromatic N) is 2. The van der Waals surface area contributed by atoms with Crippen LogP contribution in [-0.4, -0.2) is 60.6 Å². The number of hydrogen-bond acceptors (Lipinski definition) is 3. The maximum atomic E-state index is 3.87. The molecule has 3 heteroatoms. The van der Waals surface area contributed by atoms with Crippen molar-refractivity contribution in [2.75, 3.05) is 32.7 Å². The normalized spacial score (nSPS) is 38.2. The highest BCUT2D eigenvalue weighted by Crippen LogP contribution is 2.27. The first-order valence-electron chi connectivity index (χ1n) is 8.08. The predicted octanol–water partition coefficient (Wildman–Crippen LogP) is 1.69. The standard InChI is InChI=1S/C15H29N3/c1-2-17-8-4-6-15(17)12-16-13-7-10-18-9-3-5-14(18)11-13/h13-16H,2-12H2,1H3. The van der Waals surface area contributed by atoms with Crippen LogP contribution in [0.4, 0.5) is 0 Å². The quantitative estimate of drug-likeness (QED) is 0.820. The lowest BCUT2D eigenvalue weighted by atomic mass is 9.97. The van der Waals surface area contributed by atoms with Gasteiger partial charge >= 0.3 is 0 Å². The second-order valence-corrected chi connectivity index (χ2v) is 6.39. The van der Waals surface area contributed by atoms with Gasteiger partial charge in [0.25, 0.3) is 0 Å². The van der Waals surface area contributed by atoms with Gasteiger partial charge in [-0.1, -0.05) is 6.92 Å². The van der Waals surface area contributed by atoms with Gasteiger partial charge in [-0.2, -0.15) is 0 Å². The van der Waals surface area contributed by atoms with E-state index in [9.17, 15) is 0 Å². The zero-order chi connectivity index (χ0) is 12.4. The van der Waals surface area contributed by atoms with Gasteiger partial charge in [-0.3, -0.25) is 4.90 Å². The Hall–Kier alpha value is -0.120. The number of fused-ring (bicyclic) bond motifs is 1. The molecule has 3 unspecified atom stereocenters. The molecule has 0 amide bonds. The summed E-state index contributed by atoms with van der Waals surface area (Å²) in [5, 5.41) is 3.87. The van der Waals surface area contributed by atoms with Crippen LogP contribution in [0.2, 0.25) is 0 Å². The predicted molar refractivity (Wildman–Crippen MR) is 75.9 cm³/mol. The largest absolute Gasteiger partial charge is 0.312 e. The summed E-state index contributed by atoms with van der Waals surface area (Å²) in [6, 6.07) is 2.52. The molecule has 3 fully saturated rings. The van der Waals surface area contributed by atoms with Gasteiger partial charge in [0.15, 0.2) is 0 Å². The maximum absolute atomic E-state index is 3.87. The molecule has 0 spiro atoms. The Bertz CT molecular complexity index is 268. The molecule has 3 aliphatic rings. The Balaban J connectivity index is 1.43. The van der Waals surface area contributed by atoms with Gasteiger partial charge in [-0.25, -0.2) is 0 Å². The van der Waals surface area contributed by atoms with E-state index in [-0.39, 0.29) is 0 Å². The van der Waals surface area contributed by atoms with Gasteiger partial charge in [-0.05, 0) is 64.7 Å². The molecule has 0 bridgehead atoms. The lowest BCUT2D eigenvalue weighted by Gasteiger charge is -2.36. The van der Waals surface area contributed by atoms with E-state index in [1.807, 2.05) is 0 Å². The Kier molecular flexibility index (Phi) is 4.22. The maximum Gasteiger partial charge on any atom is 0.0221 e. The summed E-state index contributed by atoms with van der Waals surface area (Å²) < 4.78 is 0.